The van der Waals surface area contributed by atoms with Crippen molar-refractivity contribution in [2.45, 2.75) is 6.54 Å². The van der Waals surface area contributed by atoms with Gasteiger partial charge < -0.3 is 24.4 Å². The molecule has 0 radical (unpaired) electrons. The molecule has 1 fully saturated rings. The third-order valence-corrected chi connectivity index (χ3v) is 5.60. The topological polar surface area (TPSA) is 94.9 Å². The Morgan fingerprint density at radius 1 is 1.09 bits per heavy atom. The number of benzene rings is 2. The van der Waals surface area contributed by atoms with Crippen LogP contribution < -0.4 is 10.1 Å². The number of nitrogens with zero attached hydrogens (tertiary/aromatic N) is 3. The summed E-state index contributed by atoms with van der Waals surface area (Å²) < 4.78 is 17.5. The van der Waals surface area contributed by atoms with Crippen LogP contribution in [0.5, 0.6) is 5.75 Å². The third kappa shape index (κ3) is 5.15. The Hall–Kier alpha value is -3.43. The fraction of sp³-hybridized carbons (Fsp3) is 0.375. The van der Waals surface area contributed by atoms with Crippen LogP contribution in [-0.2, 0) is 16.0 Å². The van der Waals surface area contributed by atoms with E-state index in [1.165, 1.54) is 0 Å². The predicted molar refractivity (Wildman–Crippen MR) is 123 cm³/mol. The summed E-state index contributed by atoms with van der Waals surface area (Å²) in [6.07, 6.45) is 0. The smallest absolute Gasteiger partial charge is 0.272 e. The number of methoxy groups -OCH3 is 2. The number of ether oxygens (including phenoxy) is 3. The molecule has 174 valence electrons. The van der Waals surface area contributed by atoms with Gasteiger partial charge in [0.05, 0.1) is 39.0 Å². The normalized spacial score (nSPS) is 13.8. The minimum Gasteiger partial charge on any atom is -0.497 e. The van der Waals surface area contributed by atoms with E-state index >= 15 is 0 Å². The summed E-state index contributed by atoms with van der Waals surface area (Å²) in [5.74, 6) is 0.394. The molecule has 0 saturated carbocycles. The van der Waals surface area contributed by atoms with Crippen molar-refractivity contribution in [2.75, 3.05) is 53.7 Å². The lowest BCUT2D eigenvalue weighted by atomic mass is 10.1. The maximum atomic E-state index is 12.7. The van der Waals surface area contributed by atoms with Gasteiger partial charge in [0.2, 0.25) is 0 Å². The highest BCUT2D eigenvalue weighted by Crippen LogP contribution is 2.25. The molecule has 0 aliphatic carbocycles. The van der Waals surface area contributed by atoms with Gasteiger partial charge in [-0.1, -0.05) is 12.1 Å². The van der Waals surface area contributed by atoms with E-state index in [2.05, 4.69) is 10.4 Å². The van der Waals surface area contributed by atoms with E-state index in [1.807, 2.05) is 42.5 Å². The van der Waals surface area contributed by atoms with Crippen molar-refractivity contribution >= 4 is 22.7 Å². The Labute approximate surface area is 192 Å². The van der Waals surface area contributed by atoms with Crippen LogP contribution in [-0.4, -0.2) is 80.2 Å². The van der Waals surface area contributed by atoms with Gasteiger partial charge in [-0.15, -0.1) is 0 Å². The van der Waals surface area contributed by atoms with E-state index in [0.29, 0.717) is 68.4 Å². The number of hydrogen-bond donors (Lipinski definition) is 1. The summed E-state index contributed by atoms with van der Waals surface area (Å²) >= 11 is 0. The highest BCUT2D eigenvalue weighted by Gasteiger charge is 2.20. The Morgan fingerprint density at radius 3 is 2.55 bits per heavy atom. The van der Waals surface area contributed by atoms with E-state index in [1.54, 1.807) is 23.8 Å². The summed E-state index contributed by atoms with van der Waals surface area (Å²) in [5.41, 5.74) is 2.77. The van der Waals surface area contributed by atoms with Crippen molar-refractivity contribution in [2.24, 2.45) is 0 Å². The molecule has 1 aliphatic rings. The zero-order chi connectivity index (χ0) is 23.2. The van der Waals surface area contributed by atoms with Crippen LogP contribution in [0.15, 0.2) is 42.5 Å². The molecule has 0 spiro atoms. The van der Waals surface area contributed by atoms with Crippen molar-refractivity contribution in [1.29, 1.82) is 0 Å². The predicted octanol–water partition coefficient (Wildman–Crippen LogP) is 1.94. The molecule has 4 rings (SSSR count). The van der Waals surface area contributed by atoms with Crippen LogP contribution >= 0.6 is 0 Å². The van der Waals surface area contributed by atoms with Crippen molar-refractivity contribution in [1.82, 2.24) is 20.0 Å². The van der Waals surface area contributed by atoms with Crippen LogP contribution in [0.3, 0.4) is 0 Å². The van der Waals surface area contributed by atoms with Gasteiger partial charge in [0.25, 0.3) is 11.8 Å². The van der Waals surface area contributed by atoms with E-state index in [4.69, 9.17) is 14.2 Å². The molecule has 33 heavy (non-hydrogen) atoms. The molecule has 9 nitrogen and oxygen atoms in total. The summed E-state index contributed by atoms with van der Waals surface area (Å²) in [6, 6.07) is 13.1. The number of aromatic nitrogens is 2. The highest BCUT2D eigenvalue weighted by atomic mass is 16.5. The van der Waals surface area contributed by atoms with Gasteiger partial charge in [0.1, 0.15) is 5.75 Å². The molecule has 1 aromatic heterocycles. The average Bonchev–Trinajstić information content (AvgIpc) is 3.22. The first kappa shape index (κ1) is 22.8. The fourth-order valence-corrected chi connectivity index (χ4v) is 3.80. The van der Waals surface area contributed by atoms with Crippen molar-refractivity contribution in [3.05, 3.63) is 59.3 Å². The minimum absolute atomic E-state index is 0.0106. The van der Waals surface area contributed by atoms with Crippen LogP contribution in [0.1, 0.15) is 26.4 Å². The Balaban J connectivity index is 1.56. The monoisotopic (exact) mass is 452 g/mol. The lowest BCUT2D eigenvalue weighted by Crippen LogP contribution is -2.40. The first-order chi connectivity index (χ1) is 16.1. The SMILES string of the molecule is COCCNC(=O)c1nn(Cc2ccc(C(=O)N3CCOCC3)cc2)c2ccc(OC)cc12. The van der Waals surface area contributed by atoms with Crippen LogP contribution in [0.25, 0.3) is 10.9 Å². The van der Waals surface area contributed by atoms with Crippen LogP contribution in [0.4, 0.5) is 0 Å². The molecule has 2 aromatic carbocycles. The average molecular weight is 453 g/mol. The molecule has 3 aromatic rings. The summed E-state index contributed by atoms with van der Waals surface area (Å²) in [7, 11) is 3.17. The zero-order valence-corrected chi connectivity index (χ0v) is 18.9. The second-order valence-corrected chi connectivity index (χ2v) is 7.74. The maximum absolute atomic E-state index is 12.7. The van der Waals surface area contributed by atoms with E-state index < -0.39 is 0 Å². The van der Waals surface area contributed by atoms with E-state index in [0.717, 1.165) is 11.1 Å². The minimum atomic E-state index is -0.268. The molecular weight excluding hydrogens is 424 g/mol. The zero-order valence-electron chi connectivity index (χ0n) is 18.9. The Kier molecular flexibility index (Phi) is 7.21. The Morgan fingerprint density at radius 2 is 1.85 bits per heavy atom. The second kappa shape index (κ2) is 10.5. The van der Waals surface area contributed by atoms with Gasteiger partial charge in [0.15, 0.2) is 5.69 Å². The van der Waals surface area contributed by atoms with Crippen LogP contribution in [0.2, 0.25) is 0 Å². The van der Waals surface area contributed by atoms with Crippen LogP contribution in [0, 0.1) is 0 Å². The highest BCUT2D eigenvalue weighted by molar-refractivity contribution is 6.05. The van der Waals surface area contributed by atoms with Gasteiger partial charge in [-0.3, -0.25) is 14.3 Å². The summed E-state index contributed by atoms with van der Waals surface area (Å²) in [6.45, 7) is 3.64. The maximum Gasteiger partial charge on any atom is 0.272 e. The fourth-order valence-electron chi connectivity index (χ4n) is 3.80. The molecule has 2 heterocycles. The van der Waals surface area contributed by atoms with Gasteiger partial charge in [0, 0.05) is 37.7 Å². The number of rotatable bonds is 8. The van der Waals surface area contributed by atoms with Gasteiger partial charge in [-0.25, -0.2) is 0 Å². The molecule has 9 heteroatoms. The number of nitrogens with one attached hydrogen (secondary N) is 1. The molecule has 1 saturated heterocycles. The largest absolute Gasteiger partial charge is 0.497 e. The molecule has 0 atom stereocenters. The Bertz CT molecular complexity index is 1120. The first-order valence-electron chi connectivity index (χ1n) is 10.9. The van der Waals surface area contributed by atoms with Crippen molar-refractivity contribution in [3.63, 3.8) is 0 Å². The van der Waals surface area contributed by atoms with E-state index in [-0.39, 0.29) is 11.8 Å². The summed E-state index contributed by atoms with van der Waals surface area (Å²) in [5, 5.41) is 8.13. The number of hydrogen-bond acceptors (Lipinski definition) is 6. The molecule has 1 N–H and O–H groups in total. The number of morpholine rings is 1. The van der Waals surface area contributed by atoms with Crippen molar-refractivity contribution in [3.8, 4) is 5.75 Å². The standard InChI is InChI=1S/C24H28N4O5/c1-31-12-9-25-23(29)22-20-15-19(32-2)7-8-21(20)28(26-22)16-17-3-5-18(6-4-17)24(30)27-10-13-33-14-11-27/h3-8,15H,9-14,16H2,1-2H3,(H,25,29). The number of fused-ring (bicyclic) bond motifs is 1. The van der Waals surface area contributed by atoms with Gasteiger partial charge in [-0.05, 0) is 35.9 Å². The third-order valence-electron chi connectivity index (χ3n) is 5.60. The summed E-state index contributed by atoms with van der Waals surface area (Å²) in [4.78, 5) is 27.2. The second-order valence-electron chi connectivity index (χ2n) is 7.74. The van der Waals surface area contributed by atoms with Gasteiger partial charge in [-0.2, -0.15) is 5.10 Å². The van der Waals surface area contributed by atoms with Crippen molar-refractivity contribution < 1.29 is 23.8 Å². The lowest BCUT2D eigenvalue weighted by Gasteiger charge is -2.26. The lowest BCUT2D eigenvalue weighted by molar-refractivity contribution is 0.0303. The van der Waals surface area contributed by atoms with E-state index in [9.17, 15) is 9.59 Å². The molecule has 1 aliphatic heterocycles. The molecule has 0 bridgehead atoms. The number of carbonyl (C=O) groups excluding carboxylic acids is 2. The molecule has 0 unspecified atom stereocenters. The number of carbonyl (C=O) groups is 2. The number of amides is 2. The molecule has 2 amide bonds. The molecular formula is C24H28N4O5. The first-order valence-corrected chi connectivity index (χ1v) is 10.9. The quantitative estimate of drug-likeness (QED) is 0.525. The van der Waals surface area contributed by atoms with Gasteiger partial charge >= 0.3 is 0 Å².